The highest BCUT2D eigenvalue weighted by atomic mass is 16.2. The van der Waals surface area contributed by atoms with E-state index in [1.807, 2.05) is 17.0 Å². The third-order valence-electron chi connectivity index (χ3n) is 3.92. The number of hydrogen-bond donors (Lipinski definition) is 1. The number of hydrogen-bond acceptors (Lipinski definition) is 3. The van der Waals surface area contributed by atoms with Crippen LogP contribution in [0.25, 0.3) is 0 Å². The van der Waals surface area contributed by atoms with Crippen LogP contribution in [0.5, 0.6) is 0 Å². The van der Waals surface area contributed by atoms with Gasteiger partial charge >= 0.3 is 0 Å². The van der Waals surface area contributed by atoms with Crippen LogP contribution in [0.15, 0.2) is 24.5 Å². The molecule has 1 amide bonds. The molecular weight excluding hydrogens is 250 g/mol. The average Bonchev–Trinajstić information content (AvgIpc) is 3.20. The van der Waals surface area contributed by atoms with E-state index < -0.39 is 0 Å². The van der Waals surface area contributed by atoms with Gasteiger partial charge < -0.3 is 10.6 Å². The van der Waals surface area contributed by atoms with Crippen molar-refractivity contribution in [2.75, 3.05) is 0 Å². The molecule has 0 bridgehead atoms. The molecule has 20 heavy (non-hydrogen) atoms. The maximum absolute atomic E-state index is 12.5. The standard InChI is InChI=1S/C16H25N3O/c1-16(2,3)14(17)10-15(20)19(13-4-5-13)11-12-6-8-18-9-7-12/h6-9,13-14H,4-5,10-11,17H2,1-3H3. The lowest BCUT2D eigenvalue weighted by molar-refractivity contribution is -0.133. The van der Waals surface area contributed by atoms with Gasteiger partial charge in [-0.25, -0.2) is 0 Å². The Morgan fingerprint density at radius 1 is 1.40 bits per heavy atom. The molecule has 0 radical (unpaired) electrons. The largest absolute Gasteiger partial charge is 0.335 e. The molecule has 1 atom stereocenters. The van der Waals surface area contributed by atoms with E-state index in [4.69, 9.17) is 5.73 Å². The van der Waals surface area contributed by atoms with Crippen molar-refractivity contribution in [3.63, 3.8) is 0 Å². The van der Waals surface area contributed by atoms with Crippen LogP contribution < -0.4 is 5.73 Å². The summed E-state index contributed by atoms with van der Waals surface area (Å²) in [5, 5.41) is 0. The zero-order valence-corrected chi connectivity index (χ0v) is 12.7. The summed E-state index contributed by atoms with van der Waals surface area (Å²) < 4.78 is 0. The van der Waals surface area contributed by atoms with Gasteiger partial charge in [0.15, 0.2) is 0 Å². The number of aromatic nitrogens is 1. The molecule has 110 valence electrons. The van der Waals surface area contributed by atoms with Gasteiger partial charge in [-0.1, -0.05) is 20.8 Å². The first-order valence-corrected chi connectivity index (χ1v) is 7.32. The average molecular weight is 275 g/mol. The normalized spacial score (nSPS) is 16.8. The van der Waals surface area contributed by atoms with E-state index in [9.17, 15) is 4.79 Å². The Kier molecular flexibility index (Phi) is 4.43. The Balaban J connectivity index is 2.00. The zero-order chi connectivity index (χ0) is 14.8. The first-order chi connectivity index (χ1) is 9.38. The molecule has 4 nitrogen and oxygen atoms in total. The van der Waals surface area contributed by atoms with Crippen molar-refractivity contribution >= 4 is 5.91 Å². The van der Waals surface area contributed by atoms with Crippen LogP contribution >= 0.6 is 0 Å². The molecule has 1 saturated carbocycles. The fraction of sp³-hybridized carbons (Fsp3) is 0.625. The fourth-order valence-electron chi connectivity index (χ4n) is 2.10. The van der Waals surface area contributed by atoms with E-state index >= 15 is 0 Å². The van der Waals surface area contributed by atoms with Gasteiger partial charge in [-0.05, 0) is 36.0 Å². The fourth-order valence-corrected chi connectivity index (χ4v) is 2.10. The number of amides is 1. The molecule has 4 heteroatoms. The van der Waals surface area contributed by atoms with Crippen molar-refractivity contribution in [3.05, 3.63) is 30.1 Å². The van der Waals surface area contributed by atoms with E-state index in [0.29, 0.717) is 19.0 Å². The number of carbonyl (C=O) groups is 1. The molecule has 1 aliphatic rings. The van der Waals surface area contributed by atoms with Gasteiger partial charge in [0.2, 0.25) is 5.91 Å². The first kappa shape index (κ1) is 15.0. The van der Waals surface area contributed by atoms with Crippen molar-refractivity contribution in [2.24, 2.45) is 11.1 Å². The van der Waals surface area contributed by atoms with Crippen molar-refractivity contribution in [1.82, 2.24) is 9.88 Å². The van der Waals surface area contributed by atoms with E-state index in [-0.39, 0.29) is 17.4 Å². The lowest BCUT2D eigenvalue weighted by atomic mass is 9.85. The predicted molar refractivity (Wildman–Crippen MR) is 79.9 cm³/mol. The zero-order valence-electron chi connectivity index (χ0n) is 12.7. The second-order valence-corrected chi connectivity index (χ2v) is 6.78. The Bertz CT molecular complexity index is 449. The Morgan fingerprint density at radius 2 is 2.00 bits per heavy atom. The topological polar surface area (TPSA) is 59.2 Å². The molecule has 0 spiro atoms. The van der Waals surface area contributed by atoms with E-state index in [0.717, 1.165) is 18.4 Å². The Labute approximate surface area is 121 Å². The molecule has 1 aliphatic carbocycles. The van der Waals surface area contributed by atoms with Crippen LogP contribution in [0.1, 0.15) is 45.6 Å². The minimum Gasteiger partial charge on any atom is -0.335 e. The van der Waals surface area contributed by atoms with Gasteiger partial charge in [-0.15, -0.1) is 0 Å². The molecule has 0 saturated heterocycles. The smallest absolute Gasteiger partial charge is 0.224 e. The number of carbonyl (C=O) groups excluding carboxylic acids is 1. The van der Waals surface area contributed by atoms with Gasteiger partial charge in [-0.2, -0.15) is 0 Å². The number of nitrogens with two attached hydrogens (primary N) is 1. The van der Waals surface area contributed by atoms with E-state index in [2.05, 4.69) is 25.8 Å². The summed E-state index contributed by atoms with van der Waals surface area (Å²) in [6, 6.07) is 4.23. The summed E-state index contributed by atoms with van der Waals surface area (Å²) in [6.07, 6.45) is 6.19. The highest BCUT2D eigenvalue weighted by Gasteiger charge is 2.34. The molecule has 2 rings (SSSR count). The summed E-state index contributed by atoms with van der Waals surface area (Å²) in [6.45, 7) is 6.91. The van der Waals surface area contributed by atoms with E-state index in [1.54, 1.807) is 12.4 Å². The highest BCUT2D eigenvalue weighted by molar-refractivity contribution is 5.77. The predicted octanol–water partition coefficient (Wildman–Crippen LogP) is 2.34. The minimum absolute atomic E-state index is 0.0401. The molecule has 1 aromatic rings. The highest BCUT2D eigenvalue weighted by Crippen LogP contribution is 2.30. The summed E-state index contributed by atoms with van der Waals surface area (Å²) >= 11 is 0. The summed E-state index contributed by atoms with van der Waals surface area (Å²) in [7, 11) is 0. The van der Waals surface area contributed by atoms with Crippen molar-refractivity contribution < 1.29 is 4.79 Å². The Hall–Kier alpha value is -1.42. The molecule has 2 N–H and O–H groups in total. The monoisotopic (exact) mass is 275 g/mol. The first-order valence-electron chi connectivity index (χ1n) is 7.32. The lowest BCUT2D eigenvalue weighted by Gasteiger charge is -2.30. The number of pyridine rings is 1. The molecular formula is C16H25N3O. The molecule has 1 unspecified atom stereocenters. The van der Waals surface area contributed by atoms with Gasteiger partial charge in [0.05, 0.1) is 0 Å². The molecule has 1 fully saturated rings. The second-order valence-electron chi connectivity index (χ2n) is 6.78. The summed E-state index contributed by atoms with van der Waals surface area (Å²) in [5.41, 5.74) is 7.24. The third kappa shape index (κ3) is 4.04. The maximum Gasteiger partial charge on any atom is 0.224 e. The number of nitrogens with zero attached hydrogens (tertiary/aromatic N) is 2. The van der Waals surface area contributed by atoms with Crippen LogP contribution in [-0.2, 0) is 11.3 Å². The molecule has 1 aromatic heterocycles. The van der Waals surface area contributed by atoms with E-state index in [1.165, 1.54) is 0 Å². The minimum atomic E-state index is -0.103. The van der Waals surface area contributed by atoms with Crippen LogP contribution in [0.4, 0.5) is 0 Å². The number of rotatable bonds is 5. The Morgan fingerprint density at radius 3 is 2.50 bits per heavy atom. The van der Waals surface area contributed by atoms with Gasteiger partial charge in [0.25, 0.3) is 0 Å². The molecule has 0 aliphatic heterocycles. The van der Waals surface area contributed by atoms with Crippen molar-refractivity contribution in [3.8, 4) is 0 Å². The van der Waals surface area contributed by atoms with Crippen molar-refractivity contribution in [2.45, 2.75) is 58.7 Å². The molecule has 0 aromatic carbocycles. The van der Waals surface area contributed by atoms with Gasteiger partial charge in [-0.3, -0.25) is 9.78 Å². The quantitative estimate of drug-likeness (QED) is 0.897. The van der Waals surface area contributed by atoms with Crippen molar-refractivity contribution in [1.29, 1.82) is 0 Å². The van der Waals surface area contributed by atoms with Crippen LogP contribution in [0.3, 0.4) is 0 Å². The SMILES string of the molecule is CC(C)(C)C(N)CC(=O)N(Cc1ccncc1)C1CC1. The second kappa shape index (κ2) is 5.92. The molecule has 1 heterocycles. The van der Waals surface area contributed by atoms with Crippen LogP contribution in [-0.4, -0.2) is 27.9 Å². The maximum atomic E-state index is 12.5. The third-order valence-corrected chi connectivity index (χ3v) is 3.92. The summed E-state index contributed by atoms with van der Waals surface area (Å²) in [4.78, 5) is 18.5. The van der Waals surface area contributed by atoms with Crippen LogP contribution in [0, 0.1) is 5.41 Å². The summed E-state index contributed by atoms with van der Waals surface area (Å²) in [5.74, 6) is 0.173. The van der Waals surface area contributed by atoms with Gasteiger partial charge in [0.1, 0.15) is 0 Å². The lowest BCUT2D eigenvalue weighted by Crippen LogP contribution is -2.42. The van der Waals surface area contributed by atoms with Gasteiger partial charge in [0, 0.05) is 37.4 Å². The van der Waals surface area contributed by atoms with Crippen LogP contribution in [0.2, 0.25) is 0 Å².